The van der Waals surface area contributed by atoms with Crippen LogP contribution < -0.4 is 21.3 Å². The summed E-state index contributed by atoms with van der Waals surface area (Å²) in [5.41, 5.74) is 0.902. The zero-order valence-electron chi connectivity index (χ0n) is 18.1. The topological polar surface area (TPSA) is 152 Å². The van der Waals surface area contributed by atoms with Crippen molar-refractivity contribution in [2.45, 2.75) is 18.6 Å². The SMILES string of the molecule is O=C(O)C[C@H](NC(=O)CNC(=O)c1cccc(NC2=NCC(F)CN2)c1)c1cc(Cl)cc(Br)c1O. The Morgan fingerprint density at radius 3 is 2.74 bits per heavy atom. The molecule has 0 aliphatic carbocycles. The Hall–Kier alpha value is -3.38. The molecule has 0 radical (unpaired) electrons. The number of carbonyl (C=O) groups excluding carboxylic acids is 2. The minimum absolute atomic E-state index is 0.0391. The van der Waals surface area contributed by atoms with E-state index in [1.165, 1.54) is 18.2 Å². The lowest BCUT2D eigenvalue weighted by Crippen LogP contribution is -2.41. The molecular formula is C22H22BrClFN5O5. The molecular weight excluding hydrogens is 549 g/mol. The molecule has 186 valence electrons. The van der Waals surface area contributed by atoms with E-state index in [2.05, 4.69) is 42.2 Å². The predicted molar refractivity (Wildman–Crippen MR) is 132 cm³/mol. The van der Waals surface area contributed by atoms with Crippen LogP contribution in [0.5, 0.6) is 5.75 Å². The Labute approximate surface area is 213 Å². The average Bonchev–Trinajstić information content (AvgIpc) is 2.81. The van der Waals surface area contributed by atoms with E-state index in [0.29, 0.717) is 11.6 Å². The van der Waals surface area contributed by atoms with Crippen molar-refractivity contribution in [3.05, 3.63) is 57.0 Å². The van der Waals surface area contributed by atoms with Crippen molar-refractivity contribution in [3.8, 4) is 5.75 Å². The van der Waals surface area contributed by atoms with E-state index in [-0.39, 0.29) is 39.5 Å². The van der Waals surface area contributed by atoms with Crippen molar-refractivity contribution in [2.75, 3.05) is 25.0 Å². The molecule has 6 N–H and O–H groups in total. The number of rotatable bonds is 8. The van der Waals surface area contributed by atoms with Crippen LogP contribution in [0.15, 0.2) is 45.9 Å². The number of aromatic hydroxyl groups is 1. The van der Waals surface area contributed by atoms with Crippen LogP contribution >= 0.6 is 27.5 Å². The van der Waals surface area contributed by atoms with Gasteiger partial charge in [-0.2, -0.15) is 0 Å². The molecule has 3 rings (SSSR count). The molecule has 0 spiro atoms. The Morgan fingerprint density at radius 2 is 2.06 bits per heavy atom. The number of halogens is 3. The summed E-state index contributed by atoms with van der Waals surface area (Å²) >= 11 is 9.13. The number of nitrogens with zero attached hydrogens (tertiary/aromatic N) is 1. The van der Waals surface area contributed by atoms with Gasteiger partial charge in [-0.1, -0.05) is 17.7 Å². The maximum Gasteiger partial charge on any atom is 0.305 e. The fourth-order valence-electron chi connectivity index (χ4n) is 3.25. The van der Waals surface area contributed by atoms with E-state index >= 15 is 0 Å². The first kappa shape index (κ1) is 26.2. The quantitative estimate of drug-likeness (QED) is 0.285. The summed E-state index contributed by atoms with van der Waals surface area (Å²) < 4.78 is 13.4. The molecule has 2 atom stereocenters. The number of hydrogen-bond donors (Lipinski definition) is 6. The third-order valence-electron chi connectivity index (χ3n) is 4.88. The minimum Gasteiger partial charge on any atom is -0.506 e. The second-order valence-corrected chi connectivity index (χ2v) is 8.89. The Bertz CT molecular complexity index is 1170. The van der Waals surface area contributed by atoms with E-state index < -0.39 is 43.0 Å². The number of phenols is 1. The van der Waals surface area contributed by atoms with Crippen LogP contribution in [-0.2, 0) is 9.59 Å². The maximum atomic E-state index is 13.2. The van der Waals surface area contributed by atoms with Gasteiger partial charge in [-0.25, -0.2) is 9.38 Å². The fourth-order valence-corrected chi connectivity index (χ4v) is 4.08. The molecule has 0 aromatic heterocycles. The van der Waals surface area contributed by atoms with Gasteiger partial charge in [-0.15, -0.1) is 0 Å². The first-order valence-corrected chi connectivity index (χ1v) is 11.6. The smallest absolute Gasteiger partial charge is 0.305 e. The van der Waals surface area contributed by atoms with Crippen LogP contribution in [-0.4, -0.2) is 59.8 Å². The summed E-state index contributed by atoms with van der Waals surface area (Å²) in [6.07, 6.45) is -1.57. The van der Waals surface area contributed by atoms with Crippen molar-refractivity contribution < 1.29 is 29.0 Å². The van der Waals surface area contributed by atoms with Crippen LogP contribution in [0.4, 0.5) is 10.1 Å². The van der Waals surface area contributed by atoms with Crippen LogP contribution in [0.25, 0.3) is 0 Å². The molecule has 2 aromatic rings. The van der Waals surface area contributed by atoms with E-state index in [1.807, 2.05) is 0 Å². The summed E-state index contributed by atoms with van der Waals surface area (Å²) in [7, 11) is 0. The van der Waals surface area contributed by atoms with Crippen LogP contribution in [0.1, 0.15) is 28.4 Å². The largest absolute Gasteiger partial charge is 0.506 e. The van der Waals surface area contributed by atoms with Gasteiger partial charge in [0.25, 0.3) is 5.91 Å². The van der Waals surface area contributed by atoms with Gasteiger partial charge < -0.3 is 31.5 Å². The number of anilines is 1. The number of hydrogen-bond acceptors (Lipinski definition) is 7. The second-order valence-electron chi connectivity index (χ2n) is 7.60. The van der Waals surface area contributed by atoms with Gasteiger partial charge in [0.1, 0.15) is 11.9 Å². The van der Waals surface area contributed by atoms with Gasteiger partial charge in [0.2, 0.25) is 5.91 Å². The van der Waals surface area contributed by atoms with E-state index in [9.17, 15) is 29.0 Å². The molecule has 10 nitrogen and oxygen atoms in total. The van der Waals surface area contributed by atoms with Gasteiger partial charge in [0.15, 0.2) is 5.96 Å². The number of benzene rings is 2. The monoisotopic (exact) mass is 569 g/mol. The number of carboxylic acid groups (broad SMARTS) is 1. The average molecular weight is 571 g/mol. The Kier molecular flexibility index (Phi) is 8.88. The van der Waals surface area contributed by atoms with Crippen LogP contribution in [0.3, 0.4) is 0 Å². The highest BCUT2D eigenvalue weighted by Gasteiger charge is 2.23. The number of phenolic OH excluding ortho intramolecular Hbond substituents is 1. The molecule has 13 heteroatoms. The van der Waals surface area contributed by atoms with Gasteiger partial charge in [0.05, 0.1) is 36.6 Å². The first-order valence-electron chi connectivity index (χ1n) is 10.4. The van der Waals surface area contributed by atoms with Gasteiger partial charge >= 0.3 is 5.97 Å². The molecule has 0 fully saturated rings. The summed E-state index contributed by atoms with van der Waals surface area (Å²) in [5.74, 6) is -2.30. The molecule has 0 saturated carbocycles. The molecule has 1 heterocycles. The fraction of sp³-hybridized carbons (Fsp3) is 0.273. The van der Waals surface area contributed by atoms with Crippen LogP contribution in [0, 0.1) is 0 Å². The number of aliphatic imine (C=N–C) groups is 1. The number of aliphatic carboxylic acids is 1. The van der Waals surface area contributed by atoms with Crippen molar-refractivity contribution in [2.24, 2.45) is 4.99 Å². The summed E-state index contributed by atoms with van der Waals surface area (Å²) in [5, 5.41) is 30.5. The number of guanidine groups is 1. The van der Waals surface area contributed by atoms with Crippen molar-refractivity contribution in [1.29, 1.82) is 0 Å². The number of alkyl halides is 1. The highest BCUT2D eigenvalue weighted by molar-refractivity contribution is 9.10. The summed E-state index contributed by atoms with van der Waals surface area (Å²) in [6.45, 7) is -0.271. The van der Waals surface area contributed by atoms with Crippen LogP contribution in [0.2, 0.25) is 5.02 Å². The Morgan fingerprint density at radius 1 is 1.29 bits per heavy atom. The third-order valence-corrected chi connectivity index (χ3v) is 5.71. The molecule has 1 unspecified atom stereocenters. The Balaban J connectivity index is 1.62. The van der Waals surface area contributed by atoms with Crippen molar-refractivity contribution >= 4 is 57.0 Å². The lowest BCUT2D eigenvalue weighted by Gasteiger charge is -2.20. The molecule has 2 aromatic carbocycles. The zero-order valence-corrected chi connectivity index (χ0v) is 20.5. The third kappa shape index (κ3) is 7.55. The predicted octanol–water partition coefficient (Wildman–Crippen LogP) is 2.58. The van der Waals surface area contributed by atoms with Gasteiger partial charge in [-0.05, 0) is 46.3 Å². The minimum atomic E-state index is -1.21. The standard InChI is InChI=1S/C22H22BrClFN5O5/c23-16-6-12(24)5-15(20(16)34)17(7-19(32)33)30-18(31)10-26-21(35)11-2-1-3-14(4-11)29-22-27-8-13(25)9-28-22/h1-6,13,17,34H,7-10H2,(H,26,35)(H,30,31)(H,32,33)(H2,27,28,29)/t17-/m0/s1. The second kappa shape index (κ2) is 11.8. The van der Waals surface area contributed by atoms with E-state index in [0.717, 1.165) is 0 Å². The van der Waals surface area contributed by atoms with Crippen molar-refractivity contribution in [1.82, 2.24) is 16.0 Å². The molecule has 2 amide bonds. The normalized spacial score (nSPS) is 15.9. The van der Waals surface area contributed by atoms with E-state index in [4.69, 9.17) is 11.6 Å². The number of amides is 2. The zero-order chi connectivity index (χ0) is 25.5. The van der Waals surface area contributed by atoms with Gasteiger partial charge in [-0.3, -0.25) is 14.4 Å². The summed E-state index contributed by atoms with van der Waals surface area (Å²) in [4.78, 5) is 40.3. The molecule has 0 bridgehead atoms. The number of nitrogens with one attached hydrogen (secondary N) is 4. The van der Waals surface area contributed by atoms with Crippen molar-refractivity contribution in [3.63, 3.8) is 0 Å². The highest BCUT2D eigenvalue weighted by atomic mass is 79.9. The molecule has 0 saturated heterocycles. The highest BCUT2D eigenvalue weighted by Crippen LogP contribution is 2.36. The number of carbonyl (C=O) groups is 3. The summed E-state index contributed by atoms with van der Waals surface area (Å²) in [6, 6.07) is 8.09. The molecule has 35 heavy (non-hydrogen) atoms. The lowest BCUT2D eigenvalue weighted by atomic mass is 10.0. The maximum absolute atomic E-state index is 13.2. The molecule has 1 aliphatic heterocycles. The number of carboxylic acids is 1. The molecule has 1 aliphatic rings. The first-order chi connectivity index (χ1) is 16.6. The van der Waals surface area contributed by atoms with Gasteiger partial charge in [0, 0.05) is 21.8 Å². The van der Waals surface area contributed by atoms with E-state index in [1.54, 1.807) is 18.2 Å². The lowest BCUT2D eigenvalue weighted by molar-refractivity contribution is -0.137.